The molecule has 1 aliphatic rings. The number of imidazole rings is 1. The zero-order chi connectivity index (χ0) is 29.4. The van der Waals surface area contributed by atoms with E-state index in [0.29, 0.717) is 28.2 Å². The summed E-state index contributed by atoms with van der Waals surface area (Å²) >= 11 is 0. The predicted molar refractivity (Wildman–Crippen MR) is 178 cm³/mol. The molecule has 6 nitrogen and oxygen atoms in total. The summed E-state index contributed by atoms with van der Waals surface area (Å²) in [7, 11) is -4.01. The molecule has 210 valence electrons. The van der Waals surface area contributed by atoms with Crippen molar-refractivity contribution in [3.8, 4) is 28.2 Å². The highest BCUT2D eigenvalue weighted by atomic mass is 32.2. The average Bonchev–Trinajstić information content (AvgIpc) is 3.62. The van der Waals surface area contributed by atoms with Crippen molar-refractivity contribution in [3.63, 3.8) is 0 Å². The first-order valence-electron chi connectivity index (χ1n) is 14.4. The maximum absolute atomic E-state index is 14.2. The highest BCUT2D eigenvalue weighted by molar-refractivity contribution is 7.92. The molecule has 9 rings (SSSR count). The van der Waals surface area contributed by atoms with E-state index in [-0.39, 0.29) is 0 Å². The molecule has 0 amide bonds. The van der Waals surface area contributed by atoms with Crippen LogP contribution in [0.3, 0.4) is 0 Å². The van der Waals surface area contributed by atoms with Crippen molar-refractivity contribution in [2.75, 3.05) is 4.31 Å². The van der Waals surface area contributed by atoms with Gasteiger partial charge in [-0.3, -0.25) is 0 Å². The summed E-state index contributed by atoms with van der Waals surface area (Å²) in [4.78, 5) is 4.84. The van der Waals surface area contributed by atoms with E-state index in [2.05, 4.69) is 77.4 Å². The SMILES string of the molecule is O=S1(=O)N(c2ccccc2)c2ccc(-c3ccc4c5ccccc5n(-c5ccccc5)c4c3)cc2-c2nc3ccccc3n21. The molecule has 7 heteroatoms. The van der Waals surface area contributed by atoms with E-state index in [0.717, 1.165) is 33.4 Å². The molecule has 3 heterocycles. The third kappa shape index (κ3) is 3.47. The van der Waals surface area contributed by atoms with Crippen molar-refractivity contribution in [1.29, 1.82) is 0 Å². The van der Waals surface area contributed by atoms with Crippen LogP contribution >= 0.6 is 0 Å². The Labute approximate surface area is 253 Å². The van der Waals surface area contributed by atoms with Crippen molar-refractivity contribution in [2.45, 2.75) is 0 Å². The highest BCUT2D eigenvalue weighted by Gasteiger charge is 2.38. The Hall–Kier alpha value is -5.66. The van der Waals surface area contributed by atoms with Crippen LogP contribution in [0.4, 0.5) is 11.4 Å². The molecule has 1 aliphatic heterocycles. The van der Waals surface area contributed by atoms with Crippen LogP contribution in [0, 0.1) is 0 Å². The number of benzene rings is 6. The van der Waals surface area contributed by atoms with Crippen LogP contribution in [0.2, 0.25) is 0 Å². The van der Waals surface area contributed by atoms with Gasteiger partial charge in [0.05, 0.1) is 33.4 Å². The molecule has 0 saturated carbocycles. The summed E-state index contributed by atoms with van der Waals surface area (Å²) in [6.07, 6.45) is 0. The van der Waals surface area contributed by atoms with E-state index < -0.39 is 10.2 Å². The first-order chi connectivity index (χ1) is 21.6. The van der Waals surface area contributed by atoms with Gasteiger partial charge in [0.15, 0.2) is 5.82 Å². The summed E-state index contributed by atoms with van der Waals surface area (Å²) in [6, 6.07) is 48.0. The molecule has 0 saturated heterocycles. The fourth-order valence-electron chi connectivity index (χ4n) is 6.53. The molecule has 0 unspecified atom stereocenters. The van der Waals surface area contributed by atoms with Gasteiger partial charge in [0.25, 0.3) is 0 Å². The number of nitrogens with zero attached hydrogens (tertiary/aromatic N) is 4. The number of anilines is 2. The summed E-state index contributed by atoms with van der Waals surface area (Å²) in [5, 5.41) is 2.37. The normalized spacial score (nSPS) is 13.8. The van der Waals surface area contributed by atoms with Gasteiger partial charge in [-0.2, -0.15) is 8.42 Å². The molecule has 0 bridgehead atoms. The van der Waals surface area contributed by atoms with Gasteiger partial charge >= 0.3 is 10.2 Å². The first-order valence-corrected chi connectivity index (χ1v) is 15.8. The second-order valence-electron chi connectivity index (χ2n) is 10.9. The Balaban J connectivity index is 1.30. The molecular weight excluding hydrogens is 565 g/mol. The van der Waals surface area contributed by atoms with Crippen LogP contribution in [-0.4, -0.2) is 21.9 Å². The van der Waals surface area contributed by atoms with Crippen LogP contribution in [0.25, 0.3) is 61.0 Å². The standard InChI is InChI=1S/C37H24N4O2S/c42-44(43)40(28-13-5-2-6-14-28)34-22-20-25(23-31(34)37-38-32-16-8-10-18-35(32)41(37)44)26-19-21-30-29-15-7-9-17-33(29)39(36(30)24-26)27-11-3-1-4-12-27/h1-24H. The monoisotopic (exact) mass is 588 g/mol. The second kappa shape index (κ2) is 9.17. The van der Waals surface area contributed by atoms with Gasteiger partial charge in [0.2, 0.25) is 0 Å². The quantitative estimate of drug-likeness (QED) is 0.207. The Bertz CT molecular complexity index is 2520. The summed E-state index contributed by atoms with van der Waals surface area (Å²) in [5.41, 5.74) is 8.42. The van der Waals surface area contributed by atoms with Gasteiger partial charge in [-0.1, -0.05) is 84.9 Å². The van der Waals surface area contributed by atoms with E-state index in [1.54, 1.807) is 6.07 Å². The lowest BCUT2D eigenvalue weighted by Gasteiger charge is -2.31. The van der Waals surface area contributed by atoms with Gasteiger partial charge in [0, 0.05) is 22.0 Å². The minimum absolute atomic E-state index is 0.412. The van der Waals surface area contributed by atoms with E-state index >= 15 is 0 Å². The van der Waals surface area contributed by atoms with Crippen LogP contribution in [0.5, 0.6) is 0 Å². The Kier molecular flexibility index (Phi) is 5.19. The highest BCUT2D eigenvalue weighted by Crippen LogP contribution is 2.46. The fraction of sp³-hybridized carbons (Fsp3) is 0. The number of para-hydroxylation sites is 5. The van der Waals surface area contributed by atoms with Gasteiger partial charge in [-0.05, 0) is 71.8 Å². The molecule has 0 aliphatic carbocycles. The molecular formula is C37H24N4O2S. The topological polar surface area (TPSA) is 60.1 Å². The summed E-state index contributed by atoms with van der Waals surface area (Å²) in [6.45, 7) is 0. The summed E-state index contributed by atoms with van der Waals surface area (Å²) < 4.78 is 33.6. The molecule has 6 aromatic carbocycles. The molecule has 44 heavy (non-hydrogen) atoms. The van der Waals surface area contributed by atoms with E-state index in [4.69, 9.17) is 4.98 Å². The van der Waals surface area contributed by atoms with Gasteiger partial charge in [-0.25, -0.2) is 13.3 Å². The van der Waals surface area contributed by atoms with Crippen LogP contribution < -0.4 is 4.31 Å². The smallest absolute Gasteiger partial charge is 0.309 e. The van der Waals surface area contributed by atoms with E-state index in [9.17, 15) is 8.42 Å². The predicted octanol–water partition coefficient (Wildman–Crippen LogP) is 8.71. The Morgan fingerprint density at radius 3 is 1.93 bits per heavy atom. The lowest BCUT2D eigenvalue weighted by atomic mass is 9.99. The largest absolute Gasteiger partial charge is 0.336 e. The van der Waals surface area contributed by atoms with Gasteiger partial charge in [-0.15, -0.1) is 0 Å². The second-order valence-corrected chi connectivity index (χ2v) is 12.6. The van der Waals surface area contributed by atoms with Crippen molar-refractivity contribution in [2.24, 2.45) is 0 Å². The minimum atomic E-state index is -4.01. The average molecular weight is 589 g/mol. The first kappa shape index (κ1) is 24.9. The zero-order valence-electron chi connectivity index (χ0n) is 23.4. The van der Waals surface area contributed by atoms with Crippen molar-refractivity contribution >= 4 is 54.4 Å². The van der Waals surface area contributed by atoms with Crippen molar-refractivity contribution in [1.82, 2.24) is 13.5 Å². The van der Waals surface area contributed by atoms with Crippen LogP contribution in [0.15, 0.2) is 146 Å². The lowest BCUT2D eigenvalue weighted by molar-refractivity contribution is 0.588. The molecule has 0 spiro atoms. The number of aromatic nitrogens is 3. The Morgan fingerprint density at radius 2 is 1.14 bits per heavy atom. The molecule has 8 aromatic rings. The summed E-state index contributed by atoms with van der Waals surface area (Å²) in [5.74, 6) is 0.412. The maximum Gasteiger partial charge on any atom is 0.336 e. The van der Waals surface area contributed by atoms with E-state index in [1.807, 2.05) is 66.7 Å². The van der Waals surface area contributed by atoms with E-state index in [1.165, 1.54) is 19.1 Å². The number of fused-ring (bicyclic) bond motifs is 8. The third-order valence-electron chi connectivity index (χ3n) is 8.45. The number of hydrogen-bond acceptors (Lipinski definition) is 3. The number of rotatable bonds is 3. The fourth-order valence-corrected chi connectivity index (χ4v) is 8.25. The van der Waals surface area contributed by atoms with Gasteiger partial charge < -0.3 is 4.57 Å². The lowest BCUT2D eigenvalue weighted by Crippen LogP contribution is -2.35. The molecule has 0 N–H and O–H groups in total. The van der Waals surface area contributed by atoms with Crippen LogP contribution in [0.1, 0.15) is 0 Å². The molecule has 2 aromatic heterocycles. The zero-order valence-corrected chi connectivity index (χ0v) is 24.2. The third-order valence-corrected chi connectivity index (χ3v) is 10.1. The van der Waals surface area contributed by atoms with Crippen LogP contribution in [-0.2, 0) is 10.2 Å². The number of hydrogen-bond donors (Lipinski definition) is 0. The van der Waals surface area contributed by atoms with Gasteiger partial charge in [0.1, 0.15) is 0 Å². The Morgan fingerprint density at radius 1 is 0.523 bits per heavy atom. The molecule has 0 radical (unpaired) electrons. The minimum Gasteiger partial charge on any atom is -0.309 e. The van der Waals surface area contributed by atoms with Crippen molar-refractivity contribution in [3.05, 3.63) is 146 Å². The molecule has 0 fully saturated rings. The molecule has 0 atom stereocenters. The van der Waals surface area contributed by atoms with Crippen molar-refractivity contribution < 1.29 is 8.42 Å². The maximum atomic E-state index is 14.2.